The van der Waals surface area contributed by atoms with Gasteiger partial charge in [0.15, 0.2) is 5.65 Å². The molecule has 0 saturated carbocycles. The minimum atomic E-state index is -0.222. The van der Waals surface area contributed by atoms with E-state index in [9.17, 15) is 4.79 Å². The highest BCUT2D eigenvalue weighted by atomic mass is 16.5. The Balaban J connectivity index is 1.80. The lowest BCUT2D eigenvalue weighted by molar-refractivity contribution is -0.0314. The molecule has 160 valence electrons. The van der Waals surface area contributed by atoms with E-state index in [1.54, 1.807) is 29.2 Å². The predicted octanol–water partition coefficient (Wildman–Crippen LogP) is 3.30. The van der Waals surface area contributed by atoms with Crippen LogP contribution in [0.3, 0.4) is 0 Å². The van der Waals surface area contributed by atoms with Crippen LogP contribution >= 0.6 is 0 Å². The van der Waals surface area contributed by atoms with Crippen LogP contribution in [-0.4, -0.2) is 30.7 Å². The number of nitrogens with two attached hydrogens (primary N) is 1. The molecule has 0 radical (unpaired) electrons. The SMILES string of the molecule is CC(C)(C)CCc1ncnc2c1nc(Cn1cccc(N)c1=O)n2C1CCCCO1. The lowest BCUT2D eigenvalue weighted by Crippen LogP contribution is -2.26. The number of fused-ring (bicyclic) bond motifs is 1. The van der Waals surface area contributed by atoms with Crippen LogP contribution in [0.5, 0.6) is 0 Å². The van der Waals surface area contributed by atoms with Crippen LogP contribution in [0.25, 0.3) is 11.2 Å². The molecular formula is C22H30N6O2. The summed E-state index contributed by atoms with van der Waals surface area (Å²) < 4.78 is 9.70. The molecule has 4 rings (SSSR count). The molecule has 0 bridgehead atoms. The number of rotatable bonds is 5. The van der Waals surface area contributed by atoms with Gasteiger partial charge in [-0.2, -0.15) is 0 Å². The van der Waals surface area contributed by atoms with Crippen LogP contribution in [0.15, 0.2) is 29.5 Å². The zero-order valence-electron chi connectivity index (χ0n) is 18.0. The number of nitrogens with zero attached hydrogens (tertiary/aromatic N) is 5. The summed E-state index contributed by atoms with van der Waals surface area (Å²) in [7, 11) is 0. The summed E-state index contributed by atoms with van der Waals surface area (Å²) in [6, 6.07) is 3.39. The highest BCUT2D eigenvalue weighted by molar-refractivity contribution is 5.74. The first-order valence-electron chi connectivity index (χ1n) is 10.6. The maximum absolute atomic E-state index is 12.5. The Kier molecular flexibility index (Phi) is 5.60. The van der Waals surface area contributed by atoms with Crippen molar-refractivity contribution in [2.24, 2.45) is 5.41 Å². The van der Waals surface area contributed by atoms with Gasteiger partial charge in [-0.3, -0.25) is 9.36 Å². The van der Waals surface area contributed by atoms with E-state index in [4.69, 9.17) is 15.5 Å². The van der Waals surface area contributed by atoms with Gasteiger partial charge < -0.3 is 15.0 Å². The Hall–Kier alpha value is -2.74. The molecule has 0 aliphatic carbocycles. The highest BCUT2D eigenvalue weighted by Crippen LogP contribution is 2.30. The van der Waals surface area contributed by atoms with E-state index in [1.165, 1.54) is 0 Å². The van der Waals surface area contributed by atoms with Crippen molar-refractivity contribution < 1.29 is 4.74 Å². The van der Waals surface area contributed by atoms with Crippen molar-refractivity contribution in [3.8, 4) is 0 Å². The average Bonchev–Trinajstić information content (AvgIpc) is 3.08. The van der Waals surface area contributed by atoms with Gasteiger partial charge in [0.2, 0.25) is 0 Å². The van der Waals surface area contributed by atoms with Gasteiger partial charge in [-0.1, -0.05) is 20.8 Å². The number of hydrogen-bond acceptors (Lipinski definition) is 6. The Morgan fingerprint density at radius 2 is 2.10 bits per heavy atom. The molecule has 1 saturated heterocycles. The van der Waals surface area contributed by atoms with E-state index >= 15 is 0 Å². The second-order valence-electron chi connectivity index (χ2n) is 9.17. The fraction of sp³-hybridized carbons (Fsp3) is 0.545. The molecule has 4 heterocycles. The number of anilines is 1. The monoisotopic (exact) mass is 410 g/mol. The van der Waals surface area contributed by atoms with E-state index in [0.29, 0.717) is 13.2 Å². The summed E-state index contributed by atoms with van der Waals surface area (Å²) in [5.41, 5.74) is 8.53. The standard InChI is InChI=1S/C22H30N6O2/c1-22(2,3)10-9-16-19-20(25-14-24-16)28(18-8-4-5-12-30-18)17(26-19)13-27-11-6-7-15(23)21(27)29/h6-7,11,14,18H,4-5,8-10,12-13,23H2,1-3H3. The molecule has 1 aliphatic rings. The minimum Gasteiger partial charge on any atom is -0.394 e. The van der Waals surface area contributed by atoms with E-state index in [0.717, 1.165) is 54.8 Å². The van der Waals surface area contributed by atoms with Gasteiger partial charge in [0.1, 0.15) is 23.9 Å². The summed E-state index contributed by atoms with van der Waals surface area (Å²) >= 11 is 0. The first-order chi connectivity index (χ1) is 14.3. The van der Waals surface area contributed by atoms with Crippen LogP contribution in [-0.2, 0) is 17.7 Å². The topological polar surface area (TPSA) is 101 Å². The smallest absolute Gasteiger partial charge is 0.274 e. The lowest BCUT2D eigenvalue weighted by atomic mass is 9.90. The lowest BCUT2D eigenvalue weighted by Gasteiger charge is -2.25. The molecule has 30 heavy (non-hydrogen) atoms. The van der Waals surface area contributed by atoms with Gasteiger partial charge in [-0.15, -0.1) is 0 Å². The second kappa shape index (κ2) is 8.18. The summed E-state index contributed by atoms with van der Waals surface area (Å²) in [4.78, 5) is 26.5. The van der Waals surface area contributed by atoms with E-state index in [1.807, 2.05) is 4.57 Å². The fourth-order valence-corrected chi connectivity index (χ4v) is 3.85. The first-order valence-corrected chi connectivity index (χ1v) is 10.6. The number of aromatic nitrogens is 5. The number of nitrogen functional groups attached to an aromatic ring is 1. The molecule has 3 aromatic heterocycles. The van der Waals surface area contributed by atoms with Crippen LogP contribution in [0, 0.1) is 5.41 Å². The van der Waals surface area contributed by atoms with Crippen molar-refractivity contribution in [2.45, 2.75) is 65.6 Å². The zero-order chi connectivity index (χ0) is 21.3. The predicted molar refractivity (Wildman–Crippen MR) is 116 cm³/mol. The molecule has 0 aromatic carbocycles. The number of aryl methyl sites for hydroxylation is 1. The fourth-order valence-electron chi connectivity index (χ4n) is 3.85. The highest BCUT2D eigenvalue weighted by Gasteiger charge is 2.25. The third kappa shape index (κ3) is 4.23. The first kappa shape index (κ1) is 20.5. The molecule has 3 aromatic rings. The molecule has 2 N–H and O–H groups in total. The van der Waals surface area contributed by atoms with E-state index in [-0.39, 0.29) is 22.9 Å². The van der Waals surface area contributed by atoms with Crippen molar-refractivity contribution in [2.75, 3.05) is 12.3 Å². The van der Waals surface area contributed by atoms with Gasteiger partial charge in [0, 0.05) is 12.8 Å². The quantitative estimate of drug-likeness (QED) is 0.693. The summed E-state index contributed by atoms with van der Waals surface area (Å²) in [6.07, 6.45) is 8.06. The van der Waals surface area contributed by atoms with Gasteiger partial charge in [-0.25, -0.2) is 15.0 Å². The maximum Gasteiger partial charge on any atom is 0.274 e. The second-order valence-corrected chi connectivity index (χ2v) is 9.17. The van der Waals surface area contributed by atoms with Crippen LogP contribution in [0.4, 0.5) is 5.69 Å². The van der Waals surface area contributed by atoms with Gasteiger partial charge in [-0.05, 0) is 49.7 Å². The third-order valence-electron chi connectivity index (χ3n) is 5.54. The number of imidazole rings is 1. The van der Waals surface area contributed by atoms with Crippen molar-refractivity contribution in [1.82, 2.24) is 24.1 Å². The largest absolute Gasteiger partial charge is 0.394 e. The van der Waals surface area contributed by atoms with Crippen molar-refractivity contribution in [3.63, 3.8) is 0 Å². The normalized spacial score (nSPS) is 17.5. The molecule has 8 nitrogen and oxygen atoms in total. The molecule has 0 spiro atoms. The Labute approximate surface area is 176 Å². The molecule has 0 amide bonds. The molecule has 1 fully saturated rings. The van der Waals surface area contributed by atoms with Crippen molar-refractivity contribution in [3.05, 3.63) is 46.5 Å². The molecule has 1 atom stereocenters. The number of ether oxygens (including phenoxy) is 1. The van der Waals surface area contributed by atoms with Gasteiger partial charge >= 0.3 is 0 Å². The van der Waals surface area contributed by atoms with Crippen LogP contribution < -0.4 is 11.3 Å². The molecular weight excluding hydrogens is 380 g/mol. The van der Waals surface area contributed by atoms with E-state index < -0.39 is 0 Å². The average molecular weight is 411 g/mol. The van der Waals surface area contributed by atoms with Gasteiger partial charge in [0.25, 0.3) is 5.56 Å². The molecule has 1 aliphatic heterocycles. The Morgan fingerprint density at radius 3 is 2.83 bits per heavy atom. The molecule has 8 heteroatoms. The van der Waals surface area contributed by atoms with E-state index in [2.05, 4.69) is 30.7 Å². The Bertz CT molecular complexity index is 1090. The molecule has 1 unspecified atom stereocenters. The van der Waals surface area contributed by atoms with Crippen LogP contribution in [0.1, 0.15) is 64.2 Å². The number of pyridine rings is 1. The summed E-state index contributed by atoms with van der Waals surface area (Å²) in [5.74, 6) is 0.738. The number of hydrogen-bond donors (Lipinski definition) is 1. The maximum atomic E-state index is 12.5. The van der Waals surface area contributed by atoms with Gasteiger partial charge in [0.05, 0.1) is 17.9 Å². The van der Waals surface area contributed by atoms with Crippen molar-refractivity contribution >= 4 is 16.9 Å². The van der Waals surface area contributed by atoms with Crippen LogP contribution in [0.2, 0.25) is 0 Å². The third-order valence-corrected chi connectivity index (χ3v) is 5.54. The summed E-state index contributed by atoms with van der Waals surface area (Å²) in [6.45, 7) is 7.68. The van der Waals surface area contributed by atoms with Crippen molar-refractivity contribution in [1.29, 1.82) is 0 Å². The summed E-state index contributed by atoms with van der Waals surface area (Å²) in [5, 5.41) is 0. The minimum absolute atomic E-state index is 0.138. The Morgan fingerprint density at radius 1 is 1.27 bits per heavy atom. The zero-order valence-corrected chi connectivity index (χ0v) is 18.0.